The highest BCUT2D eigenvalue weighted by Gasteiger charge is 2.24. The Morgan fingerprint density at radius 3 is 2.62 bits per heavy atom. The second-order valence-corrected chi connectivity index (χ2v) is 6.01. The van der Waals surface area contributed by atoms with Crippen LogP contribution in [0.15, 0.2) is 18.2 Å². The van der Waals surface area contributed by atoms with Crippen molar-refractivity contribution in [2.75, 3.05) is 26.7 Å². The molecule has 0 unspecified atom stereocenters. The number of halogens is 3. The molecular formula is C15H21Cl3N2O. The largest absolute Gasteiger partial charge is 0.339 e. The van der Waals surface area contributed by atoms with Crippen molar-refractivity contribution in [3.63, 3.8) is 0 Å². The zero-order valence-electron chi connectivity index (χ0n) is 12.1. The summed E-state index contributed by atoms with van der Waals surface area (Å²) in [5.41, 5.74) is 0.507. The zero-order chi connectivity index (χ0) is 14.5. The molecule has 1 saturated heterocycles. The number of likely N-dealkylation sites (tertiary alicyclic amines) is 1. The first kappa shape index (κ1) is 18.6. The molecule has 1 amide bonds. The fourth-order valence-electron chi connectivity index (χ4n) is 2.61. The Hall–Kier alpha value is -0.480. The van der Waals surface area contributed by atoms with E-state index >= 15 is 0 Å². The molecule has 2 rings (SSSR count). The highest BCUT2D eigenvalue weighted by atomic mass is 35.5. The molecule has 0 saturated carbocycles. The van der Waals surface area contributed by atoms with Crippen molar-refractivity contribution in [3.8, 4) is 0 Å². The van der Waals surface area contributed by atoms with Gasteiger partial charge in [0.15, 0.2) is 0 Å². The van der Waals surface area contributed by atoms with Crippen molar-refractivity contribution < 1.29 is 4.79 Å². The van der Waals surface area contributed by atoms with Crippen LogP contribution in [0, 0.1) is 5.92 Å². The number of rotatable bonds is 4. The molecule has 1 N–H and O–H groups in total. The third-order valence-electron chi connectivity index (χ3n) is 3.89. The molecule has 0 aromatic heterocycles. The average Bonchev–Trinajstić information content (AvgIpc) is 2.48. The Bertz CT molecular complexity index is 474. The first-order chi connectivity index (χ1) is 9.63. The standard InChI is InChI=1S/C15H20Cl2N2O.ClH/c1-18-8-5-11-6-9-19(10-7-11)15(20)12-3-2-4-13(16)14(12)17;/h2-4,11,18H,5-10H2,1H3;1H. The first-order valence-corrected chi connectivity index (χ1v) is 7.77. The summed E-state index contributed by atoms with van der Waals surface area (Å²) in [5, 5.41) is 3.97. The average molecular weight is 352 g/mol. The van der Waals surface area contributed by atoms with E-state index in [1.165, 1.54) is 6.42 Å². The third kappa shape index (κ3) is 4.75. The Morgan fingerprint density at radius 1 is 1.33 bits per heavy atom. The Balaban J connectivity index is 0.00000220. The topological polar surface area (TPSA) is 32.3 Å². The molecule has 1 aliphatic rings. The van der Waals surface area contributed by atoms with E-state index in [4.69, 9.17) is 23.2 Å². The third-order valence-corrected chi connectivity index (χ3v) is 4.71. The quantitative estimate of drug-likeness (QED) is 0.893. The van der Waals surface area contributed by atoms with E-state index in [9.17, 15) is 4.79 Å². The monoisotopic (exact) mass is 350 g/mol. The number of hydrogen-bond acceptors (Lipinski definition) is 2. The summed E-state index contributed by atoms with van der Waals surface area (Å²) < 4.78 is 0. The summed E-state index contributed by atoms with van der Waals surface area (Å²) in [7, 11) is 1.97. The molecule has 118 valence electrons. The maximum Gasteiger partial charge on any atom is 0.255 e. The maximum atomic E-state index is 12.5. The Labute approximate surface area is 142 Å². The molecule has 0 spiro atoms. The highest BCUT2D eigenvalue weighted by molar-refractivity contribution is 6.43. The molecule has 0 atom stereocenters. The maximum absolute atomic E-state index is 12.5. The molecule has 0 bridgehead atoms. The Morgan fingerprint density at radius 2 is 2.00 bits per heavy atom. The van der Waals surface area contributed by atoms with Crippen molar-refractivity contribution >= 4 is 41.5 Å². The summed E-state index contributed by atoms with van der Waals surface area (Å²) >= 11 is 12.1. The minimum atomic E-state index is -0.00966. The van der Waals surface area contributed by atoms with Crippen LogP contribution in [0.5, 0.6) is 0 Å². The van der Waals surface area contributed by atoms with Gasteiger partial charge in [-0.15, -0.1) is 12.4 Å². The van der Waals surface area contributed by atoms with Crippen LogP contribution in [0.2, 0.25) is 10.0 Å². The number of benzene rings is 1. The number of nitrogens with zero attached hydrogens (tertiary/aromatic N) is 1. The van der Waals surface area contributed by atoms with Crippen molar-refractivity contribution in [3.05, 3.63) is 33.8 Å². The predicted molar refractivity (Wildman–Crippen MR) is 90.9 cm³/mol. The fraction of sp³-hybridized carbons (Fsp3) is 0.533. The molecule has 1 fully saturated rings. The molecule has 0 radical (unpaired) electrons. The molecule has 1 heterocycles. The van der Waals surface area contributed by atoms with Crippen LogP contribution in [-0.2, 0) is 0 Å². The van der Waals surface area contributed by atoms with Gasteiger partial charge in [0.25, 0.3) is 5.91 Å². The van der Waals surface area contributed by atoms with Gasteiger partial charge in [-0.1, -0.05) is 29.3 Å². The number of nitrogens with one attached hydrogen (secondary N) is 1. The van der Waals surface area contributed by atoms with E-state index in [0.29, 0.717) is 21.5 Å². The van der Waals surface area contributed by atoms with Gasteiger partial charge in [0.1, 0.15) is 0 Å². The van der Waals surface area contributed by atoms with Crippen molar-refractivity contribution in [2.24, 2.45) is 5.92 Å². The smallest absolute Gasteiger partial charge is 0.255 e. The van der Waals surface area contributed by atoms with E-state index in [2.05, 4.69) is 5.32 Å². The van der Waals surface area contributed by atoms with E-state index in [0.717, 1.165) is 32.5 Å². The second kappa shape index (κ2) is 8.84. The summed E-state index contributed by atoms with van der Waals surface area (Å²) in [4.78, 5) is 14.3. The summed E-state index contributed by atoms with van der Waals surface area (Å²) in [6.45, 7) is 2.64. The molecule has 1 aromatic rings. The van der Waals surface area contributed by atoms with Crippen molar-refractivity contribution in [1.82, 2.24) is 10.2 Å². The van der Waals surface area contributed by atoms with Crippen LogP contribution >= 0.6 is 35.6 Å². The van der Waals surface area contributed by atoms with Crippen molar-refractivity contribution in [1.29, 1.82) is 0 Å². The van der Waals surface area contributed by atoms with Crippen LogP contribution in [0.25, 0.3) is 0 Å². The second-order valence-electron chi connectivity index (χ2n) is 5.23. The van der Waals surface area contributed by atoms with Crippen LogP contribution in [0.1, 0.15) is 29.6 Å². The predicted octanol–water partition coefficient (Wildman–Crippen LogP) is 3.88. The van der Waals surface area contributed by atoms with Crippen LogP contribution < -0.4 is 5.32 Å². The molecule has 0 aliphatic carbocycles. The van der Waals surface area contributed by atoms with E-state index < -0.39 is 0 Å². The summed E-state index contributed by atoms with van der Waals surface area (Å²) in [5.74, 6) is 0.700. The molecule has 1 aromatic carbocycles. The van der Waals surface area contributed by atoms with Crippen LogP contribution in [0.3, 0.4) is 0 Å². The van der Waals surface area contributed by atoms with Crippen LogP contribution in [-0.4, -0.2) is 37.5 Å². The first-order valence-electron chi connectivity index (χ1n) is 7.01. The molecule has 6 heteroatoms. The molecular weight excluding hydrogens is 331 g/mol. The lowest BCUT2D eigenvalue weighted by atomic mass is 9.93. The minimum Gasteiger partial charge on any atom is -0.339 e. The van der Waals surface area contributed by atoms with Gasteiger partial charge in [-0.3, -0.25) is 4.79 Å². The lowest BCUT2D eigenvalue weighted by molar-refractivity contribution is 0.0687. The van der Waals surface area contributed by atoms with E-state index in [1.807, 2.05) is 11.9 Å². The number of piperidine rings is 1. The number of hydrogen-bond donors (Lipinski definition) is 1. The van der Waals surface area contributed by atoms with Gasteiger partial charge in [0.05, 0.1) is 15.6 Å². The van der Waals surface area contributed by atoms with Gasteiger partial charge in [0.2, 0.25) is 0 Å². The molecule has 1 aliphatic heterocycles. The van der Waals surface area contributed by atoms with Gasteiger partial charge in [0, 0.05) is 13.1 Å². The lowest BCUT2D eigenvalue weighted by Crippen LogP contribution is -2.39. The van der Waals surface area contributed by atoms with Crippen LogP contribution in [0.4, 0.5) is 0 Å². The van der Waals surface area contributed by atoms with Crippen molar-refractivity contribution in [2.45, 2.75) is 19.3 Å². The Kier molecular flexibility index (Phi) is 7.82. The minimum absolute atomic E-state index is 0. The van der Waals surface area contributed by atoms with Gasteiger partial charge < -0.3 is 10.2 Å². The zero-order valence-corrected chi connectivity index (χ0v) is 14.4. The summed E-state index contributed by atoms with van der Waals surface area (Å²) in [6.07, 6.45) is 3.30. The van der Waals surface area contributed by atoms with E-state index in [1.54, 1.807) is 18.2 Å². The van der Waals surface area contributed by atoms with Gasteiger partial charge >= 0.3 is 0 Å². The number of carbonyl (C=O) groups is 1. The highest BCUT2D eigenvalue weighted by Crippen LogP contribution is 2.28. The van der Waals surface area contributed by atoms with Gasteiger partial charge in [-0.25, -0.2) is 0 Å². The van der Waals surface area contributed by atoms with Gasteiger partial charge in [-0.2, -0.15) is 0 Å². The molecule has 21 heavy (non-hydrogen) atoms. The fourth-order valence-corrected chi connectivity index (χ4v) is 2.99. The summed E-state index contributed by atoms with van der Waals surface area (Å²) in [6, 6.07) is 5.20. The molecule has 3 nitrogen and oxygen atoms in total. The SMILES string of the molecule is CNCCC1CCN(C(=O)c2cccc(Cl)c2Cl)CC1.Cl. The van der Waals surface area contributed by atoms with Gasteiger partial charge in [-0.05, 0) is 50.9 Å². The lowest BCUT2D eigenvalue weighted by Gasteiger charge is -2.32. The number of carbonyl (C=O) groups excluding carboxylic acids is 1. The normalized spacial score (nSPS) is 15.7. The number of amides is 1. The van der Waals surface area contributed by atoms with E-state index in [-0.39, 0.29) is 18.3 Å².